The third-order valence-corrected chi connectivity index (χ3v) is 2.50. The van der Waals surface area contributed by atoms with Crippen LogP contribution in [0.15, 0.2) is 18.2 Å². The van der Waals surface area contributed by atoms with E-state index < -0.39 is 0 Å². The van der Waals surface area contributed by atoms with Crippen LogP contribution in [-0.2, 0) is 0 Å². The molecule has 0 spiro atoms. The van der Waals surface area contributed by atoms with Crippen molar-refractivity contribution in [3.8, 4) is 11.5 Å². The molecule has 1 rings (SSSR count). The number of phenolic OH excluding ortho intramolecular Hbond substituents is 1. The first kappa shape index (κ1) is 15.1. The Labute approximate surface area is 103 Å². The summed E-state index contributed by atoms with van der Waals surface area (Å²) in [4.78, 5) is 0. The molecule has 16 heavy (non-hydrogen) atoms. The Kier molecular flexibility index (Phi) is 6.93. The SMILES string of the molecule is CCCC[C@H](N)c1cc(OC)ccc1O.Cl. The molecule has 0 radical (unpaired) electrons. The van der Waals surface area contributed by atoms with Crippen molar-refractivity contribution in [3.05, 3.63) is 23.8 Å². The smallest absolute Gasteiger partial charge is 0.120 e. The second kappa shape index (κ2) is 7.36. The second-order valence-electron chi connectivity index (χ2n) is 3.67. The van der Waals surface area contributed by atoms with E-state index in [-0.39, 0.29) is 24.2 Å². The van der Waals surface area contributed by atoms with E-state index in [1.165, 1.54) is 0 Å². The van der Waals surface area contributed by atoms with Crippen molar-refractivity contribution in [2.24, 2.45) is 5.73 Å². The van der Waals surface area contributed by atoms with E-state index >= 15 is 0 Å². The predicted octanol–water partition coefficient (Wildman–Crippen LogP) is 3.01. The molecular weight excluding hydrogens is 226 g/mol. The lowest BCUT2D eigenvalue weighted by molar-refractivity contribution is 0.408. The molecule has 3 N–H and O–H groups in total. The Hall–Kier alpha value is -0.930. The number of rotatable bonds is 5. The van der Waals surface area contributed by atoms with E-state index in [4.69, 9.17) is 10.5 Å². The molecule has 0 aliphatic rings. The average molecular weight is 246 g/mol. The number of halogens is 1. The normalized spacial score (nSPS) is 11.7. The summed E-state index contributed by atoms with van der Waals surface area (Å²) in [6, 6.07) is 5.04. The molecule has 1 aromatic carbocycles. The number of hydrogen-bond acceptors (Lipinski definition) is 3. The Morgan fingerprint density at radius 3 is 2.69 bits per heavy atom. The van der Waals surface area contributed by atoms with Crippen LogP contribution in [0.5, 0.6) is 11.5 Å². The summed E-state index contributed by atoms with van der Waals surface area (Å²) in [6.45, 7) is 2.12. The van der Waals surface area contributed by atoms with Crippen molar-refractivity contribution in [3.63, 3.8) is 0 Å². The average Bonchev–Trinajstić information content (AvgIpc) is 2.26. The van der Waals surface area contributed by atoms with Gasteiger partial charge in [-0.15, -0.1) is 12.4 Å². The highest BCUT2D eigenvalue weighted by Crippen LogP contribution is 2.29. The Morgan fingerprint density at radius 2 is 2.12 bits per heavy atom. The fourth-order valence-corrected chi connectivity index (χ4v) is 1.54. The fourth-order valence-electron chi connectivity index (χ4n) is 1.54. The minimum absolute atomic E-state index is 0. The predicted molar refractivity (Wildman–Crippen MR) is 68.4 cm³/mol. The molecule has 0 aromatic heterocycles. The van der Waals surface area contributed by atoms with Gasteiger partial charge >= 0.3 is 0 Å². The molecule has 0 fully saturated rings. The monoisotopic (exact) mass is 245 g/mol. The lowest BCUT2D eigenvalue weighted by Gasteiger charge is -2.14. The van der Waals surface area contributed by atoms with Gasteiger partial charge in [-0.05, 0) is 24.6 Å². The van der Waals surface area contributed by atoms with Gasteiger partial charge in [-0.1, -0.05) is 19.8 Å². The summed E-state index contributed by atoms with van der Waals surface area (Å²) in [5, 5.41) is 9.66. The molecule has 1 aromatic rings. The molecule has 0 aliphatic heterocycles. The molecule has 1 atom stereocenters. The molecule has 0 amide bonds. The zero-order chi connectivity index (χ0) is 11.3. The van der Waals surface area contributed by atoms with E-state index in [0.717, 1.165) is 30.6 Å². The van der Waals surface area contributed by atoms with Gasteiger partial charge in [0, 0.05) is 11.6 Å². The van der Waals surface area contributed by atoms with E-state index in [0.29, 0.717) is 0 Å². The maximum atomic E-state index is 9.66. The molecule has 0 heterocycles. The minimum Gasteiger partial charge on any atom is -0.508 e. The number of benzene rings is 1. The van der Waals surface area contributed by atoms with Gasteiger partial charge in [0.2, 0.25) is 0 Å². The van der Waals surface area contributed by atoms with Crippen LogP contribution in [-0.4, -0.2) is 12.2 Å². The van der Waals surface area contributed by atoms with Crippen molar-refractivity contribution in [1.29, 1.82) is 0 Å². The Morgan fingerprint density at radius 1 is 1.44 bits per heavy atom. The Bertz CT molecular complexity index is 318. The largest absolute Gasteiger partial charge is 0.508 e. The number of nitrogens with two attached hydrogens (primary N) is 1. The highest BCUT2D eigenvalue weighted by Gasteiger charge is 2.11. The molecule has 0 bridgehead atoms. The van der Waals surface area contributed by atoms with Gasteiger partial charge in [-0.25, -0.2) is 0 Å². The van der Waals surface area contributed by atoms with E-state index in [1.807, 2.05) is 0 Å². The van der Waals surface area contributed by atoms with E-state index in [9.17, 15) is 5.11 Å². The van der Waals surface area contributed by atoms with Crippen LogP contribution in [0, 0.1) is 0 Å². The molecule has 4 heteroatoms. The van der Waals surface area contributed by atoms with Crippen LogP contribution >= 0.6 is 12.4 Å². The summed E-state index contributed by atoms with van der Waals surface area (Å²) in [7, 11) is 1.60. The van der Waals surface area contributed by atoms with Crippen LogP contribution in [0.4, 0.5) is 0 Å². The number of ether oxygens (including phenoxy) is 1. The highest BCUT2D eigenvalue weighted by molar-refractivity contribution is 5.85. The van der Waals surface area contributed by atoms with Crippen molar-refractivity contribution < 1.29 is 9.84 Å². The van der Waals surface area contributed by atoms with Crippen LogP contribution in [0.3, 0.4) is 0 Å². The number of aromatic hydroxyl groups is 1. The van der Waals surface area contributed by atoms with Gasteiger partial charge in [-0.2, -0.15) is 0 Å². The third kappa shape index (κ3) is 3.91. The molecule has 0 aliphatic carbocycles. The summed E-state index contributed by atoms with van der Waals surface area (Å²) >= 11 is 0. The Balaban J connectivity index is 0.00000225. The third-order valence-electron chi connectivity index (χ3n) is 2.50. The van der Waals surface area contributed by atoms with Crippen molar-refractivity contribution in [2.75, 3.05) is 7.11 Å². The molecule has 0 saturated heterocycles. The number of unbranched alkanes of at least 4 members (excludes halogenated alkanes) is 1. The zero-order valence-corrected chi connectivity index (χ0v) is 10.6. The van der Waals surface area contributed by atoms with Crippen LogP contribution in [0.1, 0.15) is 37.8 Å². The zero-order valence-electron chi connectivity index (χ0n) is 9.77. The number of hydrogen-bond donors (Lipinski definition) is 2. The van der Waals surface area contributed by atoms with Crippen LogP contribution in [0.2, 0.25) is 0 Å². The number of phenols is 1. The molecule has 0 unspecified atom stereocenters. The quantitative estimate of drug-likeness (QED) is 0.839. The summed E-state index contributed by atoms with van der Waals surface area (Å²) in [5.74, 6) is 0.981. The van der Waals surface area contributed by atoms with E-state index in [1.54, 1.807) is 25.3 Å². The fraction of sp³-hybridized carbons (Fsp3) is 0.500. The topological polar surface area (TPSA) is 55.5 Å². The lowest BCUT2D eigenvalue weighted by Crippen LogP contribution is -2.10. The van der Waals surface area contributed by atoms with Crippen molar-refractivity contribution in [1.82, 2.24) is 0 Å². The standard InChI is InChI=1S/C12H19NO2.ClH/c1-3-4-5-11(13)10-8-9(15-2)6-7-12(10)14;/h6-8,11,14H,3-5,13H2,1-2H3;1H/t11-;/m0./s1. The van der Waals surface area contributed by atoms with Gasteiger partial charge in [0.05, 0.1) is 7.11 Å². The van der Waals surface area contributed by atoms with Gasteiger partial charge in [0.25, 0.3) is 0 Å². The van der Waals surface area contributed by atoms with Gasteiger partial charge in [0.15, 0.2) is 0 Å². The molecule has 92 valence electrons. The van der Waals surface area contributed by atoms with Crippen LogP contribution in [0.25, 0.3) is 0 Å². The molecule has 0 saturated carbocycles. The van der Waals surface area contributed by atoms with E-state index in [2.05, 4.69) is 6.92 Å². The van der Waals surface area contributed by atoms with Gasteiger partial charge < -0.3 is 15.6 Å². The first-order valence-electron chi connectivity index (χ1n) is 5.31. The van der Waals surface area contributed by atoms with Gasteiger partial charge in [0.1, 0.15) is 11.5 Å². The summed E-state index contributed by atoms with van der Waals surface area (Å²) < 4.78 is 5.10. The summed E-state index contributed by atoms with van der Waals surface area (Å²) in [5.41, 5.74) is 6.76. The highest BCUT2D eigenvalue weighted by atomic mass is 35.5. The first-order valence-corrected chi connectivity index (χ1v) is 5.31. The van der Waals surface area contributed by atoms with Crippen molar-refractivity contribution >= 4 is 12.4 Å². The minimum atomic E-state index is -0.111. The first-order chi connectivity index (χ1) is 7.19. The van der Waals surface area contributed by atoms with Gasteiger partial charge in [-0.3, -0.25) is 0 Å². The van der Waals surface area contributed by atoms with Crippen LogP contribution < -0.4 is 10.5 Å². The second-order valence-corrected chi connectivity index (χ2v) is 3.67. The maximum absolute atomic E-state index is 9.66. The lowest BCUT2D eigenvalue weighted by atomic mass is 10.0. The summed E-state index contributed by atoms with van der Waals surface area (Å²) in [6.07, 6.45) is 3.06. The maximum Gasteiger partial charge on any atom is 0.120 e. The molecular formula is C12H20ClNO2. The number of methoxy groups -OCH3 is 1. The molecule has 3 nitrogen and oxygen atoms in total. The van der Waals surface area contributed by atoms with Crippen molar-refractivity contribution in [2.45, 2.75) is 32.2 Å².